The summed E-state index contributed by atoms with van der Waals surface area (Å²) in [5.74, 6) is -0.255. The third kappa shape index (κ3) is 3.14. The van der Waals surface area contributed by atoms with Crippen molar-refractivity contribution >= 4 is 16.9 Å². The lowest BCUT2D eigenvalue weighted by atomic mass is 10.1. The predicted molar refractivity (Wildman–Crippen MR) is 83.3 cm³/mol. The maximum Gasteiger partial charge on any atom is 0.338 e. The van der Waals surface area contributed by atoms with Crippen LogP contribution in [0.3, 0.4) is 0 Å². The molecule has 1 aromatic heterocycles. The van der Waals surface area contributed by atoms with Crippen molar-refractivity contribution in [2.75, 3.05) is 6.61 Å². The number of carbonyl (C=O) groups excluding carboxylic acids is 1. The van der Waals surface area contributed by atoms with Gasteiger partial charge in [-0.15, -0.1) is 0 Å². The summed E-state index contributed by atoms with van der Waals surface area (Å²) in [6, 6.07) is 17.3. The zero-order valence-corrected chi connectivity index (χ0v) is 11.7. The van der Waals surface area contributed by atoms with Gasteiger partial charge in [-0.25, -0.2) is 4.79 Å². The molecule has 2 aromatic carbocycles. The fourth-order valence-electron chi connectivity index (χ4n) is 2.42. The standard InChI is InChI=1S/C18H17NO2/c20-18(14-7-2-1-3-8-14)21-12-6-9-15-13-19-17-11-5-4-10-16(15)17/h1-5,7-8,10-11,13,19H,6,9,12H2. The minimum Gasteiger partial charge on any atom is -0.462 e. The van der Waals surface area contributed by atoms with E-state index in [1.54, 1.807) is 12.1 Å². The molecule has 0 aliphatic rings. The number of benzene rings is 2. The van der Waals surface area contributed by atoms with Gasteiger partial charge in [0, 0.05) is 17.1 Å². The van der Waals surface area contributed by atoms with E-state index < -0.39 is 0 Å². The van der Waals surface area contributed by atoms with Crippen LogP contribution < -0.4 is 0 Å². The Bertz CT molecular complexity index is 731. The van der Waals surface area contributed by atoms with E-state index in [1.807, 2.05) is 36.5 Å². The number of esters is 1. The molecular weight excluding hydrogens is 262 g/mol. The molecular formula is C18H17NO2. The Morgan fingerprint density at radius 2 is 1.76 bits per heavy atom. The molecule has 3 heteroatoms. The van der Waals surface area contributed by atoms with E-state index in [4.69, 9.17) is 4.74 Å². The van der Waals surface area contributed by atoms with Gasteiger partial charge in [-0.05, 0) is 36.6 Å². The molecule has 1 N–H and O–H groups in total. The number of ether oxygens (including phenoxy) is 1. The first kappa shape index (κ1) is 13.4. The molecule has 0 unspecified atom stereocenters. The number of nitrogens with one attached hydrogen (secondary N) is 1. The van der Waals surface area contributed by atoms with Gasteiger partial charge in [0.15, 0.2) is 0 Å². The minimum absolute atomic E-state index is 0.255. The van der Waals surface area contributed by atoms with Crippen LogP contribution in [0.2, 0.25) is 0 Å². The van der Waals surface area contributed by atoms with Gasteiger partial charge >= 0.3 is 5.97 Å². The molecule has 3 aromatic rings. The highest BCUT2D eigenvalue weighted by Crippen LogP contribution is 2.18. The van der Waals surface area contributed by atoms with Crippen molar-refractivity contribution in [3.63, 3.8) is 0 Å². The largest absolute Gasteiger partial charge is 0.462 e. The van der Waals surface area contributed by atoms with E-state index in [0.717, 1.165) is 18.4 Å². The average molecular weight is 279 g/mol. The van der Waals surface area contributed by atoms with Gasteiger partial charge in [0.05, 0.1) is 12.2 Å². The summed E-state index contributed by atoms with van der Waals surface area (Å²) in [6.07, 6.45) is 3.75. The molecule has 0 bridgehead atoms. The van der Waals surface area contributed by atoms with E-state index in [0.29, 0.717) is 12.2 Å². The first-order valence-corrected chi connectivity index (χ1v) is 7.12. The lowest BCUT2D eigenvalue weighted by Crippen LogP contribution is -2.06. The number of aromatic nitrogens is 1. The number of rotatable bonds is 5. The molecule has 0 radical (unpaired) electrons. The summed E-state index contributed by atoms with van der Waals surface area (Å²) in [6.45, 7) is 0.438. The highest BCUT2D eigenvalue weighted by atomic mass is 16.5. The topological polar surface area (TPSA) is 42.1 Å². The van der Waals surface area contributed by atoms with Gasteiger partial charge in [-0.3, -0.25) is 0 Å². The molecule has 0 amide bonds. The first-order valence-electron chi connectivity index (χ1n) is 7.12. The molecule has 106 valence electrons. The maximum atomic E-state index is 11.8. The molecule has 0 aliphatic carbocycles. The average Bonchev–Trinajstić information content (AvgIpc) is 2.95. The highest BCUT2D eigenvalue weighted by molar-refractivity contribution is 5.89. The SMILES string of the molecule is O=C(OCCCc1c[nH]c2ccccc12)c1ccccc1. The van der Waals surface area contributed by atoms with Crippen LogP contribution in [0.25, 0.3) is 10.9 Å². The van der Waals surface area contributed by atoms with Crippen LogP contribution in [0, 0.1) is 0 Å². The Morgan fingerprint density at radius 3 is 2.62 bits per heavy atom. The van der Waals surface area contributed by atoms with Crippen LogP contribution in [0.15, 0.2) is 60.8 Å². The van der Waals surface area contributed by atoms with E-state index >= 15 is 0 Å². The van der Waals surface area contributed by atoms with Gasteiger partial charge < -0.3 is 9.72 Å². The molecule has 0 atom stereocenters. The number of para-hydroxylation sites is 1. The second-order valence-corrected chi connectivity index (χ2v) is 4.96. The summed E-state index contributed by atoms with van der Waals surface area (Å²) in [5.41, 5.74) is 3.01. The van der Waals surface area contributed by atoms with Crippen LogP contribution in [-0.2, 0) is 11.2 Å². The lowest BCUT2D eigenvalue weighted by Gasteiger charge is -2.04. The smallest absolute Gasteiger partial charge is 0.338 e. The van der Waals surface area contributed by atoms with Gasteiger partial charge in [0.1, 0.15) is 0 Å². The molecule has 3 rings (SSSR count). The summed E-state index contributed by atoms with van der Waals surface area (Å²) in [7, 11) is 0. The van der Waals surface area contributed by atoms with Crippen molar-refractivity contribution in [3.8, 4) is 0 Å². The Labute approximate surface area is 123 Å². The zero-order valence-electron chi connectivity index (χ0n) is 11.7. The lowest BCUT2D eigenvalue weighted by molar-refractivity contribution is 0.0500. The Morgan fingerprint density at radius 1 is 1.00 bits per heavy atom. The van der Waals surface area contributed by atoms with Crippen molar-refractivity contribution in [2.45, 2.75) is 12.8 Å². The monoisotopic (exact) mass is 279 g/mol. The number of hydrogen-bond acceptors (Lipinski definition) is 2. The van der Waals surface area contributed by atoms with Crippen LogP contribution in [0.1, 0.15) is 22.3 Å². The van der Waals surface area contributed by atoms with Gasteiger partial charge in [0.2, 0.25) is 0 Å². The van der Waals surface area contributed by atoms with Crippen molar-refractivity contribution in [1.82, 2.24) is 4.98 Å². The summed E-state index contributed by atoms with van der Waals surface area (Å²) in [5, 5.41) is 1.24. The number of H-pyrrole nitrogens is 1. The van der Waals surface area contributed by atoms with Crippen LogP contribution in [0.4, 0.5) is 0 Å². The number of fused-ring (bicyclic) bond motifs is 1. The Hall–Kier alpha value is -2.55. The van der Waals surface area contributed by atoms with E-state index in [1.165, 1.54) is 10.9 Å². The van der Waals surface area contributed by atoms with Crippen molar-refractivity contribution < 1.29 is 9.53 Å². The fourth-order valence-corrected chi connectivity index (χ4v) is 2.42. The van der Waals surface area contributed by atoms with Crippen LogP contribution in [-0.4, -0.2) is 17.6 Å². The predicted octanol–water partition coefficient (Wildman–Crippen LogP) is 3.96. The summed E-state index contributed by atoms with van der Waals surface area (Å²) >= 11 is 0. The number of aryl methyl sites for hydroxylation is 1. The van der Waals surface area contributed by atoms with Gasteiger partial charge in [-0.2, -0.15) is 0 Å². The van der Waals surface area contributed by atoms with Gasteiger partial charge in [0.25, 0.3) is 0 Å². The number of hydrogen-bond donors (Lipinski definition) is 1. The normalized spacial score (nSPS) is 10.7. The maximum absolute atomic E-state index is 11.8. The minimum atomic E-state index is -0.255. The van der Waals surface area contributed by atoms with Gasteiger partial charge in [-0.1, -0.05) is 36.4 Å². The van der Waals surface area contributed by atoms with Crippen molar-refractivity contribution in [3.05, 3.63) is 71.9 Å². The summed E-state index contributed by atoms with van der Waals surface area (Å²) in [4.78, 5) is 15.0. The fraction of sp³-hybridized carbons (Fsp3) is 0.167. The zero-order chi connectivity index (χ0) is 14.5. The molecule has 1 heterocycles. The van der Waals surface area contributed by atoms with Crippen molar-refractivity contribution in [2.24, 2.45) is 0 Å². The van der Waals surface area contributed by atoms with E-state index in [2.05, 4.69) is 17.1 Å². The molecule has 3 nitrogen and oxygen atoms in total. The van der Waals surface area contributed by atoms with Crippen LogP contribution in [0.5, 0.6) is 0 Å². The van der Waals surface area contributed by atoms with E-state index in [9.17, 15) is 4.79 Å². The highest BCUT2D eigenvalue weighted by Gasteiger charge is 2.06. The molecule has 21 heavy (non-hydrogen) atoms. The summed E-state index contributed by atoms with van der Waals surface area (Å²) < 4.78 is 5.29. The van der Waals surface area contributed by atoms with Crippen LogP contribution >= 0.6 is 0 Å². The second-order valence-electron chi connectivity index (χ2n) is 4.96. The molecule has 0 saturated heterocycles. The third-order valence-electron chi connectivity index (χ3n) is 3.51. The van der Waals surface area contributed by atoms with Crippen molar-refractivity contribution in [1.29, 1.82) is 0 Å². The number of aromatic amines is 1. The first-order chi connectivity index (χ1) is 10.3. The molecule has 0 spiro atoms. The Kier molecular flexibility index (Phi) is 4.01. The van der Waals surface area contributed by atoms with E-state index in [-0.39, 0.29) is 5.97 Å². The number of carbonyl (C=O) groups is 1. The molecule has 0 aliphatic heterocycles. The Balaban J connectivity index is 1.52. The second kappa shape index (κ2) is 6.27. The quantitative estimate of drug-likeness (QED) is 0.567. The third-order valence-corrected chi connectivity index (χ3v) is 3.51. The molecule has 0 saturated carbocycles. The molecule has 0 fully saturated rings.